The second-order valence-corrected chi connectivity index (χ2v) is 7.86. The number of carbonyl (C=O) groups excluding carboxylic acids is 1. The molecule has 25 heavy (non-hydrogen) atoms. The van der Waals surface area contributed by atoms with Gasteiger partial charge in [-0.2, -0.15) is 0 Å². The number of amides is 1. The minimum Gasteiger partial charge on any atom is -0.348 e. The molecule has 1 N–H and O–H groups in total. The summed E-state index contributed by atoms with van der Waals surface area (Å²) in [5.74, 6) is -0.797. The predicted molar refractivity (Wildman–Crippen MR) is 96.3 cm³/mol. The van der Waals surface area contributed by atoms with Gasteiger partial charge in [0.25, 0.3) is 0 Å². The summed E-state index contributed by atoms with van der Waals surface area (Å²) >= 11 is 0. The van der Waals surface area contributed by atoms with Gasteiger partial charge in [-0.25, -0.2) is 12.8 Å². The predicted octanol–water partition coefficient (Wildman–Crippen LogP) is 2.78. The molecule has 0 fully saturated rings. The largest absolute Gasteiger partial charge is 0.348 e. The molecule has 0 saturated carbocycles. The number of carbonyl (C=O) groups is 1. The van der Waals surface area contributed by atoms with Crippen molar-refractivity contribution >= 4 is 21.6 Å². The Labute approximate surface area is 147 Å². The Morgan fingerprint density at radius 2 is 1.84 bits per heavy atom. The van der Waals surface area contributed by atoms with Crippen LogP contribution in [0.25, 0.3) is 0 Å². The second kappa shape index (κ2) is 7.65. The van der Waals surface area contributed by atoms with Gasteiger partial charge in [0.05, 0.1) is 18.0 Å². The maximum atomic E-state index is 13.0. The number of nitrogens with one attached hydrogen (secondary N) is 1. The third-order valence-electron chi connectivity index (χ3n) is 3.72. The van der Waals surface area contributed by atoms with Gasteiger partial charge in [0, 0.05) is 0 Å². The Morgan fingerprint density at radius 1 is 1.20 bits per heavy atom. The van der Waals surface area contributed by atoms with E-state index in [9.17, 15) is 17.6 Å². The van der Waals surface area contributed by atoms with Crippen molar-refractivity contribution in [1.29, 1.82) is 0 Å². The molecule has 1 amide bonds. The number of rotatable bonds is 6. The molecule has 0 radical (unpaired) electrons. The van der Waals surface area contributed by atoms with E-state index in [0.29, 0.717) is 5.69 Å². The Balaban J connectivity index is 2.13. The first-order valence-corrected chi connectivity index (χ1v) is 9.61. The molecular formula is C18H21FN2O3S. The topological polar surface area (TPSA) is 66.5 Å². The monoisotopic (exact) mass is 364 g/mol. The maximum Gasteiger partial charge on any atom is 0.241 e. The molecule has 0 aliphatic carbocycles. The van der Waals surface area contributed by atoms with Gasteiger partial charge in [-0.3, -0.25) is 9.10 Å². The normalized spacial score (nSPS) is 12.5. The number of halogens is 1. The van der Waals surface area contributed by atoms with Crippen LogP contribution in [-0.2, 0) is 14.8 Å². The van der Waals surface area contributed by atoms with E-state index in [1.807, 2.05) is 13.0 Å². The van der Waals surface area contributed by atoms with Crippen LogP contribution in [0.1, 0.15) is 24.1 Å². The van der Waals surface area contributed by atoms with Gasteiger partial charge < -0.3 is 5.32 Å². The highest BCUT2D eigenvalue weighted by molar-refractivity contribution is 7.92. The quantitative estimate of drug-likeness (QED) is 0.857. The number of anilines is 1. The van der Waals surface area contributed by atoms with Crippen molar-refractivity contribution < 1.29 is 17.6 Å². The van der Waals surface area contributed by atoms with Crippen LogP contribution >= 0.6 is 0 Å². The summed E-state index contributed by atoms with van der Waals surface area (Å²) in [4.78, 5) is 12.3. The third-order valence-corrected chi connectivity index (χ3v) is 4.87. The lowest BCUT2D eigenvalue weighted by Crippen LogP contribution is -2.41. The summed E-state index contributed by atoms with van der Waals surface area (Å²) < 4.78 is 38.2. The summed E-state index contributed by atoms with van der Waals surface area (Å²) in [6.45, 7) is 3.27. The average molecular weight is 364 g/mol. The smallest absolute Gasteiger partial charge is 0.241 e. The van der Waals surface area contributed by atoms with Crippen LogP contribution < -0.4 is 9.62 Å². The fraction of sp³-hybridized carbons (Fsp3) is 0.278. The fourth-order valence-electron chi connectivity index (χ4n) is 2.44. The van der Waals surface area contributed by atoms with Gasteiger partial charge >= 0.3 is 0 Å². The van der Waals surface area contributed by atoms with E-state index in [4.69, 9.17) is 0 Å². The zero-order valence-electron chi connectivity index (χ0n) is 14.4. The van der Waals surface area contributed by atoms with Crippen molar-refractivity contribution in [3.8, 4) is 0 Å². The lowest BCUT2D eigenvalue weighted by molar-refractivity contribution is -0.120. The Kier molecular flexibility index (Phi) is 5.79. The molecule has 134 valence electrons. The molecule has 0 aliphatic heterocycles. The molecule has 5 nitrogen and oxygen atoms in total. The summed E-state index contributed by atoms with van der Waals surface area (Å²) in [6, 6.07) is 12.4. The molecule has 2 aromatic carbocycles. The summed E-state index contributed by atoms with van der Waals surface area (Å²) in [6.07, 6.45) is 1.06. The summed E-state index contributed by atoms with van der Waals surface area (Å²) in [5.41, 5.74) is 2.06. The van der Waals surface area contributed by atoms with Crippen LogP contribution in [0.3, 0.4) is 0 Å². The highest BCUT2D eigenvalue weighted by atomic mass is 32.2. The van der Waals surface area contributed by atoms with Gasteiger partial charge in [-0.15, -0.1) is 0 Å². The molecule has 0 aromatic heterocycles. The zero-order chi connectivity index (χ0) is 18.6. The summed E-state index contributed by atoms with van der Waals surface area (Å²) in [7, 11) is -3.61. The van der Waals surface area contributed by atoms with Crippen molar-refractivity contribution in [3.63, 3.8) is 0 Å². The van der Waals surface area contributed by atoms with E-state index < -0.39 is 15.9 Å². The molecule has 7 heteroatoms. The van der Waals surface area contributed by atoms with Gasteiger partial charge in [0.2, 0.25) is 15.9 Å². The highest BCUT2D eigenvalue weighted by Crippen LogP contribution is 2.19. The standard InChI is InChI=1S/C18H21FN2O3S/c1-13-5-4-6-17(11-13)21(25(3,23)24)12-18(22)20-14(2)15-7-9-16(19)10-8-15/h4-11,14H,12H2,1-3H3,(H,20,22). The van der Waals surface area contributed by atoms with Crippen LogP contribution in [0, 0.1) is 12.7 Å². The molecule has 2 rings (SSSR count). The van der Waals surface area contributed by atoms with Crippen molar-refractivity contribution in [3.05, 3.63) is 65.5 Å². The van der Waals surface area contributed by atoms with Crippen molar-refractivity contribution in [2.75, 3.05) is 17.1 Å². The van der Waals surface area contributed by atoms with Crippen molar-refractivity contribution in [1.82, 2.24) is 5.32 Å². The van der Waals surface area contributed by atoms with E-state index in [2.05, 4.69) is 5.32 Å². The first-order valence-electron chi connectivity index (χ1n) is 7.76. The Morgan fingerprint density at radius 3 is 2.40 bits per heavy atom. The third kappa shape index (κ3) is 5.29. The summed E-state index contributed by atoms with van der Waals surface area (Å²) in [5, 5.41) is 2.74. The lowest BCUT2D eigenvalue weighted by Gasteiger charge is -2.23. The fourth-order valence-corrected chi connectivity index (χ4v) is 3.28. The molecular weight excluding hydrogens is 343 g/mol. The van der Waals surface area contributed by atoms with E-state index in [-0.39, 0.29) is 18.4 Å². The van der Waals surface area contributed by atoms with Crippen LogP contribution in [0.15, 0.2) is 48.5 Å². The number of hydrogen-bond donors (Lipinski definition) is 1. The minimum atomic E-state index is -3.61. The Hall–Kier alpha value is -2.41. The van der Waals surface area contributed by atoms with Gasteiger partial charge in [-0.05, 0) is 49.2 Å². The first kappa shape index (κ1) is 18.9. The molecule has 1 atom stereocenters. The molecule has 0 aliphatic rings. The van der Waals surface area contributed by atoms with Crippen LogP contribution in [0.4, 0.5) is 10.1 Å². The first-order chi connectivity index (χ1) is 11.7. The molecule has 0 spiro atoms. The molecule has 0 bridgehead atoms. The highest BCUT2D eigenvalue weighted by Gasteiger charge is 2.22. The molecule has 0 saturated heterocycles. The molecule has 0 heterocycles. The van der Waals surface area contributed by atoms with Crippen molar-refractivity contribution in [2.24, 2.45) is 0 Å². The van der Waals surface area contributed by atoms with Crippen molar-refractivity contribution in [2.45, 2.75) is 19.9 Å². The number of aryl methyl sites for hydroxylation is 1. The van der Waals surface area contributed by atoms with E-state index in [1.54, 1.807) is 37.3 Å². The zero-order valence-corrected chi connectivity index (χ0v) is 15.2. The van der Waals surface area contributed by atoms with E-state index in [1.165, 1.54) is 12.1 Å². The van der Waals surface area contributed by atoms with Gasteiger partial charge in [-0.1, -0.05) is 24.3 Å². The average Bonchev–Trinajstić information content (AvgIpc) is 2.52. The van der Waals surface area contributed by atoms with Gasteiger partial charge in [0.1, 0.15) is 12.4 Å². The molecule has 2 aromatic rings. The molecule has 1 unspecified atom stereocenters. The second-order valence-electron chi connectivity index (χ2n) is 5.95. The SMILES string of the molecule is Cc1cccc(N(CC(=O)NC(C)c2ccc(F)cc2)S(C)(=O)=O)c1. The number of benzene rings is 2. The van der Waals surface area contributed by atoms with Crippen LogP contribution in [0.5, 0.6) is 0 Å². The van der Waals surface area contributed by atoms with Crippen LogP contribution in [0.2, 0.25) is 0 Å². The van der Waals surface area contributed by atoms with Gasteiger partial charge in [0.15, 0.2) is 0 Å². The number of hydrogen-bond acceptors (Lipinski definition) is 3. The number of nitrogens with zero attached hydrogens (tertiary/aromatic N) is 1. The minimum absolute atomic E-state index is 0.326. The lowest BCUT2D eigenvalue weighted by atomic mass is 10.1. The van der Waals surface area contributed by atoms with E-state index >= 15 is 0 Å². The Bertz CT molecular complexity index is 851. The maximum absolute atomic E-state index is 13.0. The van der Waals surface area contributed by atoms with E-state index in [0.717, 1.165) is 21.7 Å². The van der Waals surface area contributed by atoms with Crippen LogP contribution in [-0.4, -0.2) is 27.1 Å². The number of sulfonamides is 1.